The third kappa shape index (κ3) is 5.40. The topological polar surface area (TPSA) is 113 Å². The second kappa shape index (κ2) is 8.35. The van der Waals surface area contributed by atoms with Crippen molar-refractivity contribution in [2.24, 2.45) is 0 Å². The zero-order chi connectivity index (χ0) is 23.8. The van der Waals surface area contributed by atoms with Crippen LogP contribution >= 0.6 is 0 Å². The van der Waals surface area contributed by atoms with E-state index < -0.39 is 15.9 Å². The van der Waals surface area contributed by atoms with Crippen molar-refractivity contribution in [3.63, 3.8) is 0 Å². The molecule has 2 aromatic heterocycles. The zero-order valence-electron chi connectivity index (χ0n) is 17.9. The highest BCUT2D eigenvalue weighted by atomic mass is 32.2. The predicted octanol–water partition coefficient (Wildman–Crippen LogP) is 3.75. The molecule has 0 amide bonds. The first-order chi connectivity index (χ1) is 15.5. The molecule has 0 fully saturated rings. The van der Waals surface area contributed by atoms with Crippen LogP contribution in [0, 0.1) is 6.92 Å². The van der Waals surface area contributed by atoms with Gasteiger partial charge in [0.05, 0.1) is 11.4 Å². The Labute approximate surface area is 188 Å². The summed E-state index contributed by atoms with van der Waals surface area (Å²) in [7, 11) is -3.27. The van der Waals surface area contributed by atoms with Crippen molar-refractivity contribution >= 4 is 9.84 Å². The van der Waals surface area contributed by atoms with Crippen LogP contribution in [0.3, 0.4) is 0 Å². The lowest BCUT2D eigenvalue weighted by Gasteiger charge is -2.12. The highest BCUT2D eigenvalue weighted by Crippen LogP contribution is 2.25. The van der Waals surface area contributed by atoms with E-state index in [0.717, 1.165) is 11.8 Å². The van der Waals surface area contributed by atoms with Gasteiger partial charge >= 0.3 is 6.11 Å². The van der Waals surface area contributed by atoms with E-state index in [4.69, 9.17) is 4.52 Å². The van der Waals surface area contributed by atoms with E-state index in [0.29, 0.717) is 24.9 Å². The highest BCUT2D eigenvalue weighted by Gasteiger charge is 2.23. The first kappa shape index (κ1) is 22.5. The molecule has 0 saturated carbocycles. The average molecular weight is 475 g/mol. The zero-order valence-corrected chi connectivity index (χ0v) is 18.7. The number of hydrogen-bond acceptors (Lipinski definition) is 8. The summed E-state index contributed by atoms with van der Waals surface area (Å²) in [6.07, 6.45) is -2.13. The van der Waals surface area contributed by atoms with Crippen LogP contribution in [0.1, 0.15) is 18.3 Å². The van der Waals surface area contributed by atoms with Crippen LogP contribution in [0.25, 0.3) is 23.1 Å². The minimum atomic E-state index is -3.28. The molecule has 0 aliphatic heterocycles. The van der Waals surface area contributed by atoms with Crippen molar-refractivity contribution in [2.45, 2.75) is 31.4 Å². The number of halogens is 2. The van der Waals surface area contributed by atoms with Gasteiger partial charge in [0.2, 0.25) is 11.6 Å². The fourth-order valence-electron chi connectivity index (χ4n) is 2.99. The second-order valence-corrected chi connectivity index (χ2v) is 9.43. The molecular formula is C21H19F2N5O4S. The fourth-order valence-corrected chi connectivity index (χ4v) is 3.62. The largest absolute Gasteiger partial charge is 0.433 e. The predicted molar refractivity (Wildman–Crippen MR) is 113 cm³/mol. The molecule has 12 heteroatoms. The number of ether oxygens (including phenoxy) is 1. The van der Waals surface area contributed by atoms with Crippen molar-refractivity contribution < 1.29 is 26.5 Å². The standard InChI is InChI=1S/C21H19F2N5O4S/c1-13-24-19(26-28(13)12-14-4-10-17(11-5-14)33(3,29)30)20-25-18(27-32-20)15-6-8-16(9-7-15)31-21(2,22)23/h4-11H,12H2,1-3H3. The van der Waals surface area contributed by atoms with Gasteiger partial charge < -0.3 is 9.26 Å². The lowest BCUT2D eigenvalue weighted by Crippen LogP contribution is -2.18. The van der Waals surface area contributed by atoms with Crippen LogP contribution in [-0.2, 0) is 16.4 Å². The minimum absolute atomic E-state index is 0.00979. The number of alkyl halides is 2. The van der Waals surface area contributed by atoms with Gasteiger partial charge in [0.1, 0.15) is 11.6 Å². The van der Waals surface area contributed by atoms with Gasteiger partial charge in [-0.1, -0.05) is 17.3 Å². The molecule has 2 heterocycles. The van der Waals surface area contributed by atoms with Crippen molar-refractivity contribution in [2.75, 3.05) is 6.26 Å². The third-order valence-corrected chi connectivity index (χ3v) is 5.70. The number of hydrogen-bond donors (Lipinski definition) is 0. The van der Waals surface area contributed by atoms with Crippen LogP contribution < -0.4 is 4.74 Å². The quantitative estimate of drug-likeness (QED) is 0.397. The summed E-state index contributed by atoms with van der Waals surface area (Å²) < 4.78 is 60.5. The summed E-state index contributed by atoms with van der Waals surface area (Å²) in [5.74, 6) is 1.17. The van der Waals surface area contributed by atoms with Crippen molar-refractivity contribution in [1.29, 1.82) is 0 Å². The summed E-state index contributed by atoms with van der Waals surface area (Å²) in [6.45, 7) is 2.79. The van der Waals surface area contributed by atoms with Gasteiger partial charge in [-0.25, -0.2) is 18.1 Å². The second-order valence-electron chi connectivity index (χ2n) is 7.41. The number of rotatable bonds is 7. The van der Waals surface area contributed by atoms with Crippen LogP contribution in [-0.4, -0.2) is 45.7 Å². The van der Waals surface area contributed by atoms with E-state index in [-0.39, 0.29) is 28.2 Å². The van der Waals surface area contributed by atoms with E-state index in [1.54, 1.807) is 35.9 Å². The summed E-state index contributed by atoms with van der Waals surface area (Å²) in [5.41, 5.74) is 1.38. The van der Waals surface area contributed by atoms with E-state index in [2.05, 4.69) is 25.0 Å². The molecule has 4 rings (SSSR count). The molecule has 0 aliphatic rings. The highest BCUT2D eigenvalue weighted by molar-refractivity contribution is 7.90. The summed E-state index contributed by atoms with van der Waals surface area (Å²) >= 11 is 0. The molecule has 9 nitrogen and oxygen atoms in total. The number of nitrogens with zero attached hydrogens (tertiary/aromatic N) is 5. The third-order valence-electron chi connectivity index (χ3n) is 4.57. The van der Waals surface area contributed by atoms with Crippen LogP contribution in [0.15, 0.2) is 57.9 Å². The first-order valence-corrected chi connectivity index (χ1v) is 11.6. The van der Waals surface area contributed by atoms with Crippen LogP contribution in [0.2, 0.25) is 0 Å². The smallest absolute Gasteiger partial charge is 0.394 e. The maximum Gasteiger partial charge on any atom is 0.394 e. The lowest BCUT2D eigenvalue weighted by atomic mass is 10.2. The molecule has 2 aromatic carbocycles. The molecule has 0 bridgehead atoms. The van der Waals surface area contributed by atoms with Gasteiger partial charge in [0.25, 0.3) is 5.89 Å². The average Bonchev–Trinajstić information content (AvgIpc) is 3.35. The van der Waals surface area contributed by atoms with Gasteiger partial charge in [0, 0.05) is 18.7 Å². The molecular weight excluding hydrogens is 456 g/mol. The van der Waals surface area contributed by atoms with Gasteiger partial charge in [-0.3, -0.25) is 0 Å². The van der Waals surface area contributed by atoms with Gasteiger partial charge in [-0.05, 0) is 48.9 Å². The first-order valence-electron chi connectivity index (χ1n) is 9.70. The number of sulfone groups is 1. The van der Waals surface area contributed by atoms with Crippen LogP contribution in [0.5, 0.6) is 5.75 Å². The maximum atomic E-state index is 13.0. The van der Waals surface area contributed by atoms with Gasteiger partial charge in [-0.2, -0.15) is 13.8 Å². The SMILES string of the molecule is Cc1nc(-c2nc(-c3ccc(OC(C)(F)F)cc3)no2)nn1Cc1ccc(S(C)(=O)=O)cc1. The maximum absolute atomic E-state index is 13.0. The molecule has 33 heavy (non-hydrogen) atoms. The molecule has 0 atom stereocenters. The summed E-state index contributed by atoms with van der Waals surface area (Å²) in [6, 6.07) is 12.3. The van der Waals surface area contributed by atoms with Gasteiger partial charge in [-0.15, -0.1) is 5.10 Å². The normalized spacial score (nSPS) is 12.2. The summed E-state index contributed by atoms with van der Waals surface area (Å²) in [4.78, 5) is 8.87. The Hall–Kier alpha value is -3.67. The fraction of sp³-hybridized carbons (Fsp3) is 0.238. The molecule has 0 spiro atoms. The molecule has 4 aromatic rings. The Balaban J connectivity index is 1.51. The number of benzene rings is 2. The van der Waals surface area contributed by atoms with Crippen molar-refractivity contribution in [1.82, 2.24) is 24.9 Å². The van der Waals surface area contributed by atoms with Crippen LogP contribution in [0.4, 0.5) is 8.78 Å². The van der Waals surface area contributed by atoms with Crippen molar-refractivity contribution in [3.8, 4) is 28.9 Å². The van der Waals surface area contributed by atoms with E-state index in [9.17, 15) is 17.2 Å². The summed E-state index contributed by atoms with van der Waals surface area (Å²) in [5, 5.41) is 8.30. The van der Waals surface area contributed by atoms with E-state index >= 15 is 0 Å². The molecule has 0 aliphatic carbocycles. The molecule has 0 N–H and O–H groups in total. The molecule has 0 saturated heterocycles. The van der Waals surface area contributed by atoms with Crippen molar-refractivity contribution in [3.05, 3.63) is 59.9 Å². The Kier molecular flexibility index (Phi) is 5.70. The Morgan fingerprint density at radius 2 is 1.70 bits per heavy atom. The molecule has 0 unspecified atom stereocenters. The lowest BCUT2D eigenvalue weighted by molar-refractivity contribution is -0.158. The molecule has 172 valence electrons. The minimum Gasteiger partial charge on any atom is -0.433 e. The monoisotopic (exact) mass is 475 g/mol. The van der Waals surface area contributed by atoms with E-state index in [1.807, 2.05) is 0 Å². The van der Waals surface area contributed by atoms with E-state index in [1.165, 1.54) is 24.3 Å². The Bertz CT molecular complexity index is 1380. The molecule has 0 radical (unpaired) electrons. The van der Waals surface area contributed by atoms with Gasteiger partial charge in [0.15, 0.2) is 9.84 Å². The number of aryl methyl sites for hydroxylation is 1. The Morgan fingerprint density at radius 3 is 2.30 bits per heavy atom. The Morgan fingerprint density at radius 1 is 1.03 bits per heavy atom. The number of aromatic nitrogens is 5.